The lowest BCUT2D eigenvalue weighted by atomic mass is 10.00. The minimum Gasteiger partial charge on any atom is -0.388 e. The highest BCUT2D eigenvalue weighted by Gasteiger charge is 2.11. The van der Waals surface area contributed by atoms with Gasteiger partial charge in [-0.15, -0.1) is 0 Å². The van der Waals surface area contributed by atoms with Crippen molar-refractivity contribution in [3.05, 3.63) is 53.6 Å². The smallest absolute Gasteiger partial charge is 0.108 e. The van der Waals surface area contributed by atoms with E-state index >= 15 is 0 Å². The number of imidazole rings is 1. The molecule has 0 spiro atoms. The summed E-state index contributed by atoms with van der Waals surface area (Å²) in [6, 6.07) is 7.97. The zero-order valence-corrected chi connectivity index (χ0v) is 10.3. The number of hydrogen-bond acceptors (Lipinski definition) is 2. The molecule has 1 heterocycles. The average Bonchev–Trinajstić information content (AvgIpc) is 2.72. The van der Waals surface area contributed by atoms with Crippen molar-refractivity contribution < 1.29 is 5.11 Å². The molecule has 2 aromatic rings. The van der Waals surface area contributed by atoms with Gasteiger partial charge in [0, 0.05) is 25.9 Å². The molecule has 1 aromatic carbocycles. The van der Waals surface area contributed by atoms with Crippen LogP contribution in [-0.2, 0) is 13.5 Å². The maximum absolute atomic E-state index is 10.2. The highest BCUT2D eigenvalue weighted by Crippen LogP contribution is 2.21. The number of aliphatic hydroxyl groups is 1. The summed E-state index contributed by atoms with van der Waals surface area (Å²) in [5.41, 5.74) is 2.15. The largest absolute Gasteiger partial charge is 0.388 e. The standard InChI is InChI=1S/C14H18N2O/c1-11-5-3-4-6-12(11)13(17)7-8-14-15-9-10-16(14)2/h3-6,9-10,13,17H,7-8H2,1-2H3. The lowest BCUT2D eigenvalue weighted by Crippen LogP contribution is -2.04. The van der Waals surface area contributed by atoms with Crippen LogP contribution < -0.4 is 0 Å². The van der Waals surface area contributed by atoms with Crippen LogP contribution in [0.1, 0.15) is 29.5 Å². The van der Waals surface area contributed by atoms with Crippen molar-refractivity contribution in [2.75, 3.05) is 0 Å². The van der Waals surface area contributed by atoms with E-state index in [-0.39, 0.29) is 0 Å². The van der Waals surface area contributed by atoms with Crippen LogP contribution in [0.5, 0.6) is 0 Å². The third-order valence-electron chi connectivity index (χ3n) is 3.11. The molecule has 90 valence electrons. The Labute approximate surface area is 102 Å². The van der Waals surface area contributed by atoms with Crippen LogP contribution in [0.15, 0.2) is 36.7 Å². The highest BCUT2D eigenvalue weighted by molar-refractivity contribution is 5.27. The van der Waals surface area contributed by atoms with E-state index < -0.39 is 6.10 Å². The molecular weight excluding hydrogens is 212 g/mol. The van der Waals surface area contributed by atoms with Crippen LogP contribution in [0.4, 0.5) is 0 Å². The van der Waals surface area contributed by atoms with Crippen LogP contribution in [0.3, 0.4) is 0 Å². The summed E-state index contributed by atoms with van der Waals surface area (Å²) in [6.45, 7) is 2.03. The molecule has 1 aromatic heterocycles. The van der Waals surface area contributed by atoms with Crippen molar-refractivity contribution in [1.29, 1.82) is 0 Å². The lowest BCUT2D eigenvalue weighted by molar-refractivity contribution is 0.166. The zero-order valence-electron chi connectivity index (χ0n) is 10.3. The number of aryl methyl sites for hydroxylation is 3. The van der Waals surface area contributed by atoms with Gasteiger partial charge in [0.05, 0.1) is 6.10 Å². The minimum atomic E-state index is -0.409. The maximum Gasteiger partial charge on any atom is 0.108 e. The molecule has 1 unspecified atom stereocenters. The summed E-state index contributed by atoms with van der Waals surface area (Å²) in [7, 11) is 1.97. The van der Waals surface area contributed by atoms with Gasteiger partial charge in [-0.3, -0.25) is 0 Å². The van der Waals surface area contributed by atoms with E-state index in [1.165, 1.54) is 0 Å². The van der Waals surface area contributed by atoms with Gasteiger partial charge in [-0.25, -0.2) is 4.98 Å². The molecule has 2 rings (SSSR count). The molecule has 0 bridgehead atoms. The Morgan fingerprint density at radius 2 is 2.12 bits per heavy atom. The quantitative estimate of drug-likeness (QED) is 0.875. The summed E-state index contributed by atoms with van der Waals surface area (Å²) in [5.74, 6) is 1.01. The molecule has 0 amide bonds. The number of aliphatic hydroxyl groups excluding tert-OH is 1. The van der Waals surface area contributed by atoms with Crippen molar-refractivity contribution >= 4 is 0 Å². The molecule has 1 N–H and O–H groups in total. The number of nitrogens with zero attached hydrogens (tertiary/aromatic N) is 2. The topological polar surface area (TPSA) is 38.1 Å². The van der Waals surface area contributed by atoms with Crippen molar-refractivity contribution in [2.24, 2.45) is 7.05 Å². The third kappa shape index (κ3) is 2.74. The van der Waals surface area contributed by atoms with Gasteiger partial charge in [0.1, 0.15) is 5.82 Å². The van der Waals surface area contributed by atoms with Gasteiger partial charge in [-0.1, -0.05) is 24.3 Å². The molecule has 3 nitrogen and oxygen atoms in total. The number of benzene rings is 1. The van der Waals surface area contributed by atoms with Crippen LogP contribution in [0.2, 0.25) is 0 Å². The predicted octanol–water partition coefficient (Wildman–Crippen LogP) is 2.39. The summed E-state index contributed by atoms with van der Waals surface area (Å²) in [6.07, 6.45) is 4.80. The van der Waals surface area contributed by atoms with Crippen molar-refractivity contribution in [3.8, 4) is 0 Å². The highest BCUT2D eigenvalue weighted by atomic mass is 16.3. The monoisotopic (exact) mass is 230 g/mol. The first kappa shape index (κ1) is 11.9. The molecule has 0 saturated carbocycles. The molecule has 0 saturated heterocycles. The van der Waals surface area contributed by atoms with Crippen LogP contribution in [0.25, 0.3) is 0 Å². The Bertz CT molecular complexity index is 490. The van der Waals surface area contributed by atoms with Gasteiger partial charge < -0.3 is 9.67 Å². The second kappa shape index (κ2) is 5.15. The summed E-state index contributed by atoms with van der Waals surface area (Å²) < 4.78 is 1.99. The van der Waals surface area contributed by atoms with E-state index in [0.717, 1.165) is 23.4 Å². The Balaban J connectivity index is 2.01. The fraction of sp³-hybridized carbons (Fsp3) is 0.357. The Kier molecular flexibility index (Phi) is 3.59. The van der Waals surface area contributed by atoms with Gasteiger partial charge in [0.15, 0.2) is 0 Å². The fourth-order valence-electron chi connectivity index (χ4n) is 2.02. The molecule has 0 fully saturated rings. The van der Waals surface area contributed by atoms with Crippen LogP contribution in [-0.4, -0.2) is 14.7 Å². The van der Waals surface area contributed by atoms with Crippen LogP contribution >= 0.6 is 0 Å². The van der Waals surface area contributed by atoms with E-state index in [2.05, 4.69) is 4.98 Å². The molecule has 3 heteroatoms. The molecule has 0 radical (unpaired) electrons. The van der Waals surface area contributed by atoms with E-state index in [1.807, 2.05) is 49.0 Å². The maximum atomic E-state index is 10.2. The second-order valence-electron chi connectivity index (χ2n) is 4.37. The average molecular weight is 230 g/mol. The number of hydrogen-bond donors (Lipinski definition) is 1. The number of rotatable bonds is 4. The molecule has 17 heavy (non-hydrogen) atoms. The minimum absolute atomic E-state index is 0.409. The van der Waals surface area contributed by atoms with E-state index in [9.17, 15) is 5.11 Å². The number of aromatic nitrogens is 2. The van der Waals surface area contributed by atoms with Crippen LogP contribution in [0, 0.1) is 6.92 Å². The second-order valence-corrected chi connectivity index (χ2v) is 4.37. The molecule has 1 atom stereocenters. The normalized spacial score (nSPS) is 12.6. The predicted molar refractivity (Wildman–Crippen MR) is 67.7 cm³/mol. The summed E-state index contributed by atoms with van der Waals surface area (Å²) in [5, 5.41) is 10.2. The molecule has 0 aliphatic rings. The van der Waals surface area contributed by atoms with Gasteiger partial charge >= 0.3 is 0 Å². The molecule has 0 aliphatic carbocycles. The van der Waals surface area contributed by atoms with E-state index in [4.69, 9.17) is 0 Å². The van der Waals surface area contributed by atoms with Gasteiger partial charge in [0.25, 0.3) is 0 Å². The fourth-order valence-corrected chi connectivity index (χ4v) is 2.02. The van der Waals surface area contributed by atoms with Gasteiger partial charge in [-0.05, 0) is 24.5 Å². The zero-order chi connectivity index (χ0) is 12.3. The Morgan fingerprint density at radius 3 is 2.76 bits per heavy atom. The molecular formula is C14H18N2O. The van der Waals surface area contributed by atoms with Crippen molar-refractivity contribution in [1.82, 2.24) is 9.55 Å². The summed E-state index contributed by atoms with van der Waals surface area (Å²) >= 11 is 0. The van der Waals surface area contributed by atoms with Gasteiger partial charge in [0.2, 0.25) is 0 Å². The Hall–Kier alpha value is -1.61. The first-order valence-electron chi connectivity index (χ1n) is 5.88. The third-order valence-corrected chi connectivity index (χ3v) is 3.11. The Morgan fingerprint density at radius 1 is 1.35 bits per heavy atom. The first-order chi connectivity index (χ1) is 8.18. The van der Waals surface area contributed by atoms with E-state index in [0.29, 0.717) is 6.42 Å². The summed E-state index contributed by atoms with van der Waals surface area (Å²) in [4.78, 5) is 4.26. The SMILES string of the molecule is Cc1ccccc1C(O)CCc1nccn1C. The molecule has 0 aliphatic heterocycles. The van der Waals surface area contributed by atoms with Gasteiger partial charge in [-0.2, -0.15) is 0 Å². The van der Waals surface area contributed by atoms with Crippen molar-refractivity contribution in [2.45, 2.75) is 25.9 Å². The first-order valence-corrected chi connectivity index (χ1v) is 5.88. The van der Waals surface area contributed by atoms with Crippen molar-refractivity contribution in [3.63, 3.8) is 0 Å². The van der Waals surface area contributed by atoms with E-state index in [1.54, 1.807) is 6.20 Å². The lowest BCUT2D eigenvalue weighted by Gasteiger charge is -2.13.